The van der Waals surface area contributed by atoms with Gasteiger partial charge in [-0.05, 0) is 56.3 Å². The molecule has 0 aromatic rings. The average molecular weight is 223 g/mol. The van der Waals surface area contributed by atoms with E-state index >= 15 is 0 Å². The van der Waals surface area contributed by atoms with Gasteiger partial charge in [0, 0.05) is 7.05 Å². The third kappa shape index (κ3) is 1.35. The molecular weight excluding hydrogens is 202 g/mol. The summed E-state index contributed by atoms with van der Waals surface area (Å²) < 4.78 is 0. The largest absolute Gasteiger partial charge is 0.340 e. The predicted octanol–water partition coefficient (Wildman–Crippen LogP) is 1.47. The Bertz CT molecular complexity index is 280. The SMILES string of the molecule is CNC(=O)N(N)C12CC3CC(CC(C3)C1)C2. The average Bonchev–Trinajstić information content (AvgIpc) is 2.25. The van der Waals surface area contributed by atoms with Gasteiger partial charge in [0.15, 0.2) is 0 Å². The number of hydrogen-bond donors (Lipinski definition) is 2. The monoisotopic (exact) mass is 223 g/mol. The van der Waals surface area contributed by atoms with Gasteiger partial charge in [-0.25, -0.2) is 10.6 Å². The third-order valence-corrected chi connectivity index (χ3v) is 4.95. The van der Waals surface area contributed by atoms with Crippen LogP contribution in [0.15, 0.2) is 0 Å². The van der Waals surface area contributed by atoms with Crippen molar-refractivity contribution < 1.29 is 4.79 Å². The molecule has 4 fully saturated rings. The summed E-state index contributed by atoms with van der Waals surface area (Å²) in [7, 11) is 1.66. The fraction of sp³-hybridized carbons (Fsp3) is 0.917. The van der Waals surface area contributed by atoms with Crippen LogP contribution in [0.3, 0.4) is 0 Å². The van der Waals surface area contributed by atoms with Gasteiger partial charge in [-0.15, -0.1) is 0 Å². The number of nitrogens with zero attached hydrogens (tertiary/aromatic N) is 1. The Morgan fingerprint density at radius 1 is 1.19 bits per heavy atom. The second kappa shape index (κ2) is 3.36. The molecule has 4 saturated carbocycles. The van der Waals surface area contributed by atoms with Crippen molar-refractivity contribution in [2.45, 2.75) is 44.1 Å². The maximum atomic E-state index is 11.7. The number of hydrazine groups is 1. The van der Waals surface area contributed by atoms with Crippen LogP contribution in [0.25, 0.3) is 0 Å². The fourth-order valence-corrected chi connectivity index (χ4v) is 4.70. The summed E-state index contributed by atoms with van der Waals surface area (Å²) in [5, 5.41) is 4.16. The highest BCUT2D eigenvalue weighted by molar-refractivity contribution is 5.74. The van der Waals surface area contributed by atoms with Gasteiger partial charge in [-0.1, -0.05) is 0 Å². The molecule has 16 heavy (non-hydrogen) atoms. The van der Waals surface area contributed by atoms with E-state index in [1.807, 2.05) is 0 Å². The van der Waals surface area contributed by atoms with Gasteiger partial charge in [0.25, 0.3) is 0 Å². The first kappa shape index (κ1) is 10.4. The maximum Gasteiger partial charge on any atom is 0.331 e. The minimum atomic E-state index is -0.123. The van der Waals surface area contributed by atoms with Crippen LogP contribution in [0.1, 0.15) is 38.5 Å². The molecule has 0 saturated heterocycles. The number of rotatable bonds is 1. The summed E-state index contributed by atoms with van der Waals surface area (Å²) in [6, 6.07) is -0.123. The van der Waals surface area contributed by atoms with E-state index in [9.17, 15) is 4.79 Å². The molecule has 0 atom stereocenters. The molecule has 0 unspecified atom stereocenters. The van der Waals surface area contributed by atoms with Crippen molar-refractivity contribution in [3.63, 3.8) is 0 Å². The lowest BCUT2D eigenvalue weighted by molar-refractivity contribution is -0.0708. The van der Waals surface area contributed by atoms with Crippen LogP contribution in [-0.4, -0.2) is 23.6 Å². The first-order chi connectivity index (χ1) is 7.63. The molecule has 0 aliphatic heterocycles. The van der Waals surface area contributed by atoms with E-state index in [0.717, 1.165) is 37.0 Å². The van der Waals surface area contributed by atoms with Crippen LogP contribution < -0.4 is 11.2 Å². The zero-order chi connectivity index (χ0) is 11.3. The van der Waals surface area contributed by atoms with Gasteiger partial charge in [-0.2, -0.15) is 0 Å². The molecule has 4 bridgehead atoms. The van der Waals surface area contributed by atoms with Gasteiger partial charge in [0.2, 0.25) is 0 Å². The molecule has 0 aromatic heterocycles. The molecule has 0 spiro atoms. The second-order valence-corrected chi connectivity index (χ2v) is 6.07. The van der Waals surface area contributed by atoms with E-state index in [-0.39, 0.29) is 11.6 Å². The zero-order valence-corrected chi connectivity index (χ0v) is 9.91. The third-order valence-electron chi connectivity index (χ3n) is 4.95. The second-order valence-electron chi connectivity index (χ2n) is 6.07. The van der Waals surface area contributed by atoms with Crippen LogP contribution in [0, 0.1) is 17.8 Å². The molecule has 4 heteroatoms. The van der Waals surface area contributed by atoms with Crippen LogP contribution in [0.2, 0.25) is 0 Å². The van der Waals surface area contributed by atoms with Crippen LogP contribution in [0.4, 0.5) is 4.79 Å². The highest BCUT2D eigenvalue weighted by Crippen LogP contribution is 2.57. The quantitative estimate of drug-likeness (QED) is 0.402. The number of nitrogens with two attached hydrogens (primary N) is 1. The number of nitrogens with one attached hydrogen (secondary N) is 1. The molecular formula is C12H21N3O. The molecule has 2 amide bonds. The van der Waals surface area contributed by atoms with Crippen LogP contribution >= 0.6 is 0 Å². The van der Waals surface area contributed by atoms with Crippen molar-refractivity contribution in [1.82, 2.24) is 10.3 Å². The van der Waals surface area contributed by atoms with E-state index in [1.165, 1.54) is 24.3 Å². The van der Waals surface area contributed by atoms with Gasteiger partial charge in [0.05, 0.1) is 5.54 Å². The summed E-state index contributed by atoms with van der Waals surface area (Å²) >= 11 is 0. The number of amides is 2. The standard InChI is InChI=1S/C12H21N3O/c1-14-11(16)15(13)12-5-8-2-9(6-12)4-10(3-8)7-12/h8-10H,2-7,13H2,1H3,(H,14,16). The van der Waals surface area contributed by atoms with Gasteiger partial charge < -0.3 is 5.32 Å². The molecule has 0 aromatic carbocycles. The molecule has 4 rings (SSSR count). The molecule has 0 radical (unpaired) electrons. The Kier molecular flexibility index (Phi) is 2.18. The van der Waals surface area contributed by atoms with Crippen LogP contribution in [-0.2, 0) is 0 Å². The lowest BCUT2D eigenvalue weighted by Crippen LogP contribution is -2.65. The van der Waals surface area contributed by atoms with Crippen molar-refractivity contribution in [3.05, 3.63) is 0 Å². The van der Waals surface area contributed by atoms with Gasteiger partial charge in [-0.3, -0.25) is 5.01 Å². The summed E-state index contributed by atoms with van der Waals surface area (Å²) in [6.45, 7) is 0. The number of hydrogen-bond acceptors (Lipinski definition) is 2. The van der Waals surface area contributed by atoms with Crippen molar-refractivity contribution in [1.29, 1.82) is 0 Å². The van der Waals surface area contributed by atoms with E-state index in [4.69, 9.17) is 5.84 Å². The molecule has 3 N–H and O–H groups in total. The lowest BCUT2D eigenvalue weighted by Gasteiger charge is -2.59. The van der Waals surface area contributed by atoms with E-state index in [0.29, 0.717) is 0 Å². The molecule has 0 heterocycles. The highest BCUT2D eigenvalue weighted by Gasteiger charge is 2.54. The molecule has 4 aliphatic rings. The number of carbonyl (C=O) groups is 1. The topological polar surface area (TPSA) is 58.4 Å². The fourth-order valence-electron chi connectivity index (χ4n) is 4.70. The summed E-state index contributed by atoms with van der Waals surface area (Å²) in [5.41, 5.74) is -0.0190. The summed E-state index contributed by atoms with van der Waals surface area (Å²) in [5.74, 6) is 8.51. The molecule has 4 nitrogen and oxygen atoms in total. The van der Waals surface area contributed by atoms with E-state index in [1.54, 1.807) is 7.05 Å². The first-order valence-electron chi connectivity index (χ1n) is 6.39. The Morgan fingerprint density at radius 2 is 1.62 bits per heavy atom. The Hall–Kier alpha value is -0.770. The smallest absolute Gasteiger partial charge is 0.331 e. The predicted molar refractivity (Wildman–Crippen MR) is 61.4 cm³/mol. The van der Waals surface area contributed by atoms with Crippen molar-refractivity contribution in [3.8, 4) is 0 Å². The Labute approximate surface area is 96.5 Å². The van der Waals surface area contributed by atoms with Crippen molar-refractivity contribution >= 4 is 6.03 Å². The molecule has 90 valence electrons. The maximum absolute atomic E-state index is 11.7. The van der Waals surface area contributed by atoms with E-state index < -0.39 is 0 Å². The number of urea groups is 1. The zero-order valence-electron chi connectivity index (χ0n) is 9.91. The minimum absolute atomic E-state index is 0.0190. The first-order valence-corrected chi connectivity index (χ1v) is 6.39. The Balaban J connectivity index is 1.85. The van der Waals surface area contributed by atoms with Crippen molar-refractivity contribution in [2.75, 3.05) is 7.05 Å². The van der Waals surface area contributed by atoms with E-state index in [2.05, 4.69) is 5.32 Å². The summed E-state index contributed by atoms with van der Waals surface area (Å²) in [4.78, 5) is 11.7. The van der Waals surface area contributed by atoms with Crippen LogP contribution in [0.5, 0.6) is 0 Å². The van der Waals surface area contributed by atoms with Gasteiger partial charge >= 0.3 is 6.03 Å². The highest BCUT2D eigenvalue weighted by atomic mass is 16.2. The normalized spacial score (nSPS) is 44.5. The Morgan fingerprint density at radius 3 is 2.00 bits per heavy atom. The number of carbonyl (C=O) groups excluding carboxylic acids is 1. The minimum Gasteiger partial charge on any atom is -0.340 e. The van der Waals surface area contributed by atoms with Gasteiger partial charge in [0.1, 0.15) is 0 Å². The molecule has 4 aliphatic carbocycles. The summed E-state index contributed by atoms with van der Waals surface area (Å²) in [6.07, 6.45) is 7.51. The lowest BCUT2D eigenvalue weighted by atomic mass is 9.53. The van der Waals surface area contributed by atoms with Crippen molar-refractivity contribution in [2.24, 2.45) is 23.6 Å².